The lowest BCUT2D eigenvalue weighted by Gasteiger charge is -2.41. The third kappa shape index (κ3) is 3.44. The molecule has 0 aromatic heterocycles. The normalized spacial score (nSPS) is 36.6. The van der Waals surface area contributed by atoms with Crippen LogP contribution in [0.15, 0.2) is 24.3 Å². The molecular weight excluding hydrogens is 424 g/mol. The molecule has 1 spiro atoms. The van der Waals surface area contributed by atoms with Crippen LogP contribution in [-0.4, -0.2) is 81.8 Å². The average molecular weight is 461 g/mol. The number of hydrogen-bond donors (Lipinski definition) is 1. The SMILES string of the molecule is CC[C@]12C=CCOC(=O)[C@H]1[C@H]1C(=O)N([C@@H](CO)CC(C)C)C3C(=O)N(C(C)C)CC=C[C@@]31O2. The minimum Gasteiger partial charge on any atom is -0.461 e. The summed E-state index contributed by atoms with van der Waals surface area (Å²) in [6.07, 6.45) is 8.31. The van der Waals surface area contributed by atoms with Gasteiger partial charge in [0.2, 0.25) is 11.8 Å². The Labute approximate surface area is 195 Å². The van der Waals surface area contributed by atoms with Gasteiger partial charge < -0.3 is 24.4 Å². The molecule has 2 amide bonds. The minimum atomic E-state index is -1.30. The monoisotopic (exact) mass is 460 g/mol. The van der Waals surface area contributed by atoms with E-state index in [-0.39, 0.29) is 37.0 Å². The molecule has 0 aliphatic carbocycles. The number of carbonyl (C=O) groups excluding carboxylic acids is 3. The van der Waals surface area contributed by atoms with Crippen molar-refractivity contribution in [1.82, 2.24) is 9.80 Å². The van der Waals surface area contributed by atoms with Crippen LogP contribution in [0.3, 0.4) is 0 Å². The van der Waals surface area contributed by atoms with Crippen LogP contribution in [0.5, 0.6) is 0 Å². The van der Waals surface area contributed by atoms with E-state index in [0.29, 0.717) is 19.4 Å². The van der Waals surface area contributed by atoms with E-state index >= 15 is 0 Å². The number of likely N-dealkylation sites (tertiary alicyclic amines) is 1. The van der Waals surface area contributed by atoms with Gasteiger partial charge in [0.25, 0.3) is 0 Å². The highest BCUT2D eigenvalue weighted by Gasteiger charge is 2.76. The maximum Gasteiger partial charge on any atom is 0.313 e. The highest BCUT2D eigenvalue weighted by Crippen LogP contribution is 2.58. The Bertz CT molecular complexity index is 882. The molecule has 2 saturated heterocycles. The number of carbonyl (C=O) groups is 3. The molecular formula is C25H36N2O6. The fourth-order valence-corrected chi connectivity index (χ4v) is 6.23. The summed E-state index contributed by atoms with van der Waals surface area (Å²) in [5.41, 5.74) is -2.33. The molecule has 4 aliphatic heterocycles. The first-order valence-corrected chi connectivity index (χ1v) is 12.1. The summed E-state index contributed by atoms with van der Waals surface area (Å²) in [6, 6.07) is -1.59. The molecule has 0 saturated carbocycles. The van der Waals surface area contributed by atoms with E-state index in [1.54, 1.807) is 11.0 Å². The second kappa shape index (κ2) is 8.55. The Hall–Kier alpha value is -2.19. The van der Waals surface area contributed by atoms with E-state index in [0.717, 1.165) is 0 Å². The highest BCUT2D eigenvalue weighted by molar-refractivity contribution is 5.99. The number of hydrogen-bond acceptors (Lipinski definition) is 6. The molecule has 0 aromatic rings. The second-order valence-corrected chi connectivity index (χ2v) is 10.4. The number of ether oxygens (including phenoxy) is 2. The predicted octanol–water partition coefficient (Wildman–Crippen LogP) is 1.67. The van der Waals surface area contributed by atoms with Gasteiger partial charge in [0, 0.05) is 12.6 Å². The van der Waals surface area contributed by atoms with Gasteiger partial charge in [-0.1, -0.05) is 39.0 Å². The Kier molecular flexibility index (Phi) is 6.20. The van der Waals surface area contributed by atoms with Crippen molar-refractivity contribution in [2.45, 2.75) is 76.8 Å². The van der Waals surface area contributed by atoms with Gasteiger partial charge in [-0.3, -0.25) is 14.4 Å². The number of fused-ring (bicyclic) bond motifs is 2. The van der Waals surface area contributed by atoms with Gasteiger partial charge in [-0.15, -0.1) is 0 Å². The third-order valence-corrected chi connectivity index (χ3v) is 7.64. The van der Waals surface area contributed by atoms with Crippen LogP contribution in [0, 0.1) is 17.8 Å². The van der Waals surface area contributed by atoms with E-state index in [1.807, 2.05) is 52.8 Å². The van der Waals surface area contributed by atoms with Crippen LogP contribution in [0.2, 0.25) is 0 Å². The van der Waals surface area contributed by atoms with Crippen molar-refractivity contribution in [3.8, 4) is 0 Å². The van der Waals surface area contributed by atoms with Gasteiger partial charge in [-0.05, 0) is 38.7 Å². The van der Waals surface area contributed by atoms with E-state index < -0.39 is 41.1 Å². The van der Waals surface area contributed by atoms with E-state index in [9.17, 15) is 19.5 Å². The van der Waals surface area contributed by atoms with Gasteiger partial charge in [0.15, 0.2) is 0 Å². The Morgan fingerprint density at radius 3 is 2.42 bits per heavy atom. The van der Waals surface area contributed by atoms with Crippen LogP contribution in [0.25, 0.3) is 0 Å². The molecule has 1 unspecified atom stereocenters. The lowest BCUT2D eigenvalue weighted by molar-refractivity contribution is -0.162. The van der Waals surface area contributed by atoms with Crippen LogP contribution in [0.1, 0.15) is 47.5 Å². The fraction of sp³-hybridized carbons (Fsp3) is 0.720. The van der Waals surface area contributed by atoms with Crippen LogP contribution in [0.4, 0.5) is 0 Å². The lowest BCUT2D eigenvalue weighted by Crippen LogP contribution is -2.59. The van der Waals surface area contributed by atoms with Crippen LogP contribution >= 0.6 is 0 Å². The zero-order chi connectivity index (χ0) is 24.1. The molecule has 33 heavy (non-hydrogen) atoms. The van der Waals surface area contributed by atoms with Crippen molar-refractivity contribution in [2.24, 2.45) is 17.8 Å². The van der Waals surface area contributed by atoms with Crippen LogP contribution in [-0.2, 0) is 23.9 Å². The number of nitrogens with zero attached hydrogens (tertiary/aromatic N) is 2. The van der Waals surface area contributed by atoms with Crippen molar-refractivity contribution in [3.05, 3.63) is 24.3 Å². The molecule has 4 rings (SSSR count). The number of aliphatic hydroxyl groups is 1. The first-order chi connectivity index (χ1) is 15.6. The molecule has 0 aromatic carbocycles. The van der Waals surface area contributed by atoms with Crippen molar-refractivity contribution in [1.29, 1.82) is 0 Å². The Morgan fingerprint density at radius 2 is 1.82 bits per heavy atom. The molecule has 6 atom stereocenters. The maximum atomic E-state index is 14.1. The number of aliphatic hydroxyl groups excluding tert-OH is 1. The van der Waals surface area contributed by atoms with Gasteiger partial charge in [-0.25, -0.2) is 0 Å². The van der Waals surface area contributed by atoms with E-state index in [4.69, 9.17) is 9.47 Å². The summed E-state index contributed by atoms with van der Waals surface area (Å²) in [5, 5.41) is 10.3. The Morgan fingerprint density at radius 1 is 1.09 bits per heavy atom. The van der Waals surface area contributed by atoms with Gasteiger partial charge in [0.05, 0.1) is 18.6 Å². The molecule has 182 valence electrons. The smallest absolute Gasteiger partial charge is 0.313 e. The predicted molar refractivity (Wildman–Crippen MR) is 121 cm³/mol. The van der Waals surface area contributed by atoms with E-state index in [2.05, 4.69) is 0 Å². The zero-order valence-corrected chi connectivity index (χ0v) is 20.2. The first-order valence-electron chi connectivity index (χ1n) is 12.1. The van der Waals surface area contributed by atoms with Crippen molar-refractivity contribution >= 4 is 17.8 Å². The molecule has 8 nitrogen and oxygen atoms in total. The summed E-state index contributed by atoms with van der Waals surface area (Å²) < 4.78 is 12.2. The summed E-state index contributed by atoms with van der Waals surface area (Å²) in [4.78, 5) is 44.6. The number of cyclic esters (lactones) is 1. The van der Waals surface area contributed by atoms with Gasteiger partial charge in [-0.2, -0.15) is 0 Å². The molecule has 4 heterocycles. The molecule has 1 N–H and O–H groups in total. The molecule has 2 fully saturated rings. The summed E-state index contributed by atoms with van der Waals surface area (Å²) in [6.45, 7) is 10.1. The summed E-state index contributed by atoms with van der Waals surface area (Å²) in [5.74, 6) is -2.57. The molecule has 8 heteroatoms. The zero-order valence-electron chi connectivity index (χ0n) is 20.2. The average Bonchev–Trinajstić information content (AvgIpc) is 3.04. The summed E-state index contributed by atoms with van der Waals surface area (Å²) >= 11 is 0. The quantitative estimate of drug-likeness (QED) is 0.479. The van der Waals surface area contributed by atoms with Gasteiger partial charge in [0.1, 0.15) is 29.8 Å². The maximum absolute atomic E-state index is 14.1. The number of esters is 1. The van der Waals surface area contributed by atoms with Gasteiger partial charge >= 0.3 is 5.97 Å². The first kappa shape index (κ1) is 24.0. The topological polar surface area (TPSA) is 96.4 Å². The van der Waals surface area contributed by atoms with E-state index in [1.165, 1.54) is 4.90 Å². The Balaban J connectivity index is 1.92. The highest BCUT2D eigenvalue weighted by atomic mass is 16.6. The summed E-state index contributed by atoms with van der Waals surface area (Å²) in [7, 11) is 0. The minimum absolute atomic E-state index is 0.0807. The third-order valence-electron chi connectivity index (χ3n) is 7.64. The van der Waals surface area contributed by atoms with Crippen molar-refractivity contribution < 1.29 is 29.0 Å². The van der Waals surface area contributed by atoms with Crippen LogP contribution < -0.4 is 0 Å². The van der Waals surface area contributed by atoms with Crippen molar-refractivity contribution in [2.75, 3.05) is 19.8 Å². The fourth-order valence-electron chi connectivity index (χ4n) is 6.23. The van der Waals surface area contributed by atoms with Crippen molar-refractivity contribution in [3.63, 3.8) is 0 Å². The molecule has 0 radical (unpaired) electrons. The second-order valence-electron chi connectivity index (χ2n) is 10.4. The lowest BCUT2D eigenvalue weighted by atomic mass is 9.73. The standard InChI is InChI=1S/C25H36N2O6/c1-6-24-9-8-12-32-23(31)19(24)18-21(29)27(17(14-28)13-15(2)3)20-22(30)26(16(4)5)11-7-10-25(18,20)33-24/h7-10,15-20,28H,6,11-14H2,1-5H3/t17-,18+,19-,20?,24+,25+/m1/s1. The largest absolute Gasteiger partial charge is 0.461 e. The molecule has 4 aliphatic rings. The molecule has 0 bridgehead atoms. The number of rotatable bonds is 6. The number of amides is 2.